The number of hydrazine groups is 1. The van der Waals surface area contributed by atoms with E-state index in [2.05, 4.69) is 20.8 Å². The summed E-state index contributed by atoms with van der Waals surface area (Å²) in [7, 11) is 0. The first-order valence-electron chi connectivity index (χ1n) is 5.46. The third-order valence-electron chi connectivity index (χ3n) is 2.35. The van der Waals surface area contributed by atoms with E-state index in [1.807, 2.05) is 0 Å². The third kappa shape index (κ3) is 2.77. The monoisotopic (exact) mass is 274 g/mol. The number of aromatic nitrogens is 2. The lowest BCUT2D eigenvalue weighted by atomic mass is 10.3. The Kier molecular flexibility index (Phi) is 3.70. The fourth-order valence-electron chi connectivity index (χ4n) is 1.47. The fourth-order valence-corrected chi connectivity index (χ4v) is 1.47. The SMILES string of the molecule is NC(=O)c1nccnc1NNc1ccccc1[N+](=O)[O-]. The van der Waals surface area contributed by atoms with Gasteiger partial charge in [0.25, 0.3) is 11.6 Å². The molecule has 1 amide bonds. The van der Waals surface area contributed by atoms with Crippen molar-refractivity contribution in [1.82, 2.24) is 9.97 Å². The lowest BCUT2D eigenvalue weighted by molar-refractivity contribution is -0.383. The van der Waals surface area contributed by atoms with Gasteiger partial charge in [-0.2, -0.15) is 0 Å². The van der Waals surface area contributed by atoms with Crippen molar-refractivity contribution in [1.29, 1.82) is 0 Å². The normalized spacial score (nSPS) is 9.80. The smallest absolute Gasteiger partial charge is 0.294 e. The molecule has 0 aliphatic heterocycles. The van der Waals surface area contributed by atoms with Crippen molar-refractivity contribution in [3.8, 4) is 0 Å². The summed E-state index contributed by atoms with van der Waals surface area (Å²) in [5, 5.41) is 10.8. The molecule has 1 aromatic carbocycles. The van der Waals surface area contributed by atoms with Crippen LogP contribution in [0.4, 0.5) is 17.2 Å². The summed E-state index contributed by atoms with van der Waals surface area (Å²) < 4.78 is 0. The number of hydrogen-bond donors (Lipinski definition) is 3. The Hall–Kier alpha value is -3.23. The van der Waals surface area contributed by atoms with E-state index in [1.54, 1.807) is 12.1 Å². The molecule has 0 radical (unpaired) electrons. The quantitative estimate of drug-likeness (QED) is 0.544. The molecule has 20 heavy (non-hydrogen) atoms. The minimum absolute atomic E-state index is 0.0708. The van der Waals surface area contributed by atoms with Crippen LogP contribution in [0.3, 0.4) is 0 Å². The van der Waals surface area contributed by atoms with Gasteiger partial charge in [0.1, 0.15) is 5.69 Å². The van der Waals surface area contributed by atoms with Crippen molar-refractivity contribution >= 4 is 23.1 Å². The second-order valence-corrected chi connectivity index (χ2v) is 3.64. The molecule has 0 saturated heterocycles. The number of carbonyl (C=O) groups is 1. The number of para-hydroxylation sites is 2. The van der Waals surface area contributed by atoms with E-state index in [9.17, 15) is 14.9 Å². The molecule has 0 bridgehead atoms. The summed E-state index contributed by atoms with van der Waals surface area (Å²) >= 11 is 0. The molecule has 1 heterocycles. The maximum atomic E-state index is 11.2. The van der Waals surface area contributed by atoms with Gasteiger partial charge < -0.3 is 5.73 Å². The molecule has 0 fully saturated rings. The number of nitro benzene ring substituents is 1. The second-order valence-electron chi connectivity index (χ2n) is 3.64. The lowest BCUT2D eigenvalue weighted by Gasteiger charge is -2.10. The molecule has 4 N–H and O–H groups in total. The van der Waals surface area contributed by atoms with Gasteiger partial charge in [0.05, 0.1) is 4.92 Å². The van der Waals surface area contributed by atoms with Crippen LogP contribution in [0, 0.1) is 10.1 Å². The Morgan fingerprint density at radius 2 is 1.90 bits per heavy atom. The van der Waals surface area contributed by atoms with Crippen molar-refractivity contribution in [3.05, 3.63) is 52.5 Å². The zero-order chi connectivity index (χ0) is 14.5. The van der Waals surface area contributed by atoms with Crippen molar-refractivity contribution in [2.45, 2.75) is 0 Å². The first kappa shape index (κ1) is 13.2. The highest BCUT2D eigenvalue weighted by Crippen LogP contribution is 2.23. The predicted molar refractivity (Wildman–Crippen MR) is 70.9 cm³/mol. The van der Waals surface area contributed by atoms with Gasteiger partial charge in [-0.3, -0.25) is 25.8 Å². The van der Waals surface area contributed by atoms with E-state index in [1.165, 1.54) is 24.5 Å². The van der Waals surface area contributed by atoms with Gasteiger partial charge in [0.2, 0.25) is 0 Å². The minimum atomic E-state index is -0.759. The van der Waals surface area contributed by atoms with Crippen LogP contribution in [0.1, 0.15) is 10.5 Å². The number of nitrogens with one attached hydrogen (secondary N) is 2. The molecular weight excluding hydrogens is 264 g/mol. The van der Waals surface area contributed by atoms with E-state index in [-0.39, 0.29) is 22.9 Å². The summed E-state index contributed by atoms with van der Waals surface area (Å²) in [5.74, 6) is -0.678. The number of anilines is 2. The van der Waals surface area contributed by atoms with Crippen molar-refractivity contribution in [2.24, 2.45) is 5.73 Å². The molecule has 0 unspecified atom stereocenters. The molecular formula is C11H10N6O3. The van der Waals surface area contributed by atoms with Gasteiger partial charge in [0, 0.05) is 18.5 Å². The first-order valence-corrected chi connectivity index (χ1v) is 5.46. The Morgan fingerprint density at radius 3 is 2.60 bits per heavy atom. The van der Waals surface area contributed by atoms with Gasteiger partial charge in [-0.1, -0.05) is 12.1 Å². The predicted octanol–water partition coefficient (Wildman–Crippen LogP) is 0.923. The molecule has 9 nitrogen and oxygen atoms in total. The van der Waals surface area contributed by atoms with Crippen LogP contribution < -0.4 is 16.6 Å². The standard InChI is InChI=1S/C11H10N6O3/c12-10(18)9-11(14-6-5-13-9)16-15-7-3-1-2-4-8(7)17(19)20/h1-6,15H,(H2,12,18)(H,14,16). The molecule has 0 aliphatic carbocycles. The van der Waals surface area contributed by atoms with Crippen LogP contribution in [0.15, 0.2) is 36.7 Å². The average molecular weight is 274 g/mol. The zero-order valence-corrected chi connectivity index (χ0v) is 10.1. The fraction of sp³-hybridized carbons (Fsp3) is 0. The largest absolute Gasteiger partial charge is 0.364 e. The average Bonchev–Trinajstić information content (AvgIpc) is 2.45. The summed E-state index contributed by atoms with van der Waals surface area (Å²) in [4.78, 5) is 29.1. The lowest BCUT2D eigenvalue weighted by Crippen LogP contribution is -2.20. The van der Waals surface area contributed by atoms with Crippen LogP contribution in [0.5, 0.6) is 0 Å². The van der Waals surface area contributed by atoms with Gasteiger partial charge >= 0.3 is 0 Å². The van der Waals surface area contributed by atoms with Crippen molar-refractivity contribution in [2.75, 3.05) is 10.9 Å². The van der Waals surface area contributed by atoms with E-state index >= 15 is 0 Å². The Bertz CT molecular complexity index is 603. The van der Waals surface area contributed by atoms with Gasteiger partial charge in [-0.25, -0.2) is 9.97 Å². The molecule has 102 valence electrons. The summed E-state index contributed by atoms with van der Waals surface area (Å²) in [6, 6.07) is 6.02. The summed E-state index contributed by atoms with van der Waals surface area (Å²) in [6.45, 7) is 0. The van der Waals surface area contributed by atoms with Crippen LogP contribution in [-0.4, -0.2) is 20.8 Å². The van der Waals surface area contributed by atoms with Crippen LogP contribution >= 0.6 is 0 Å². The van der Waals surface area contributed by atoms with Crippen LogP contribution in [-0.2, 0) is 0 Å². The van der Waals surface area contributed by atoms with E-state index < -0.39 is 10.8 Å². The third-order valence-corrected chi connectivity index (χ3v) is 2.35. The molecule has 2 rings (SSSR count). The van der Waals surface area contributed by atoms with Gasteiger partial charge in [-0.05, 0) is 6.07 Å². The number of amides is 1. The zero-order valence-electron chi connectivity index (χ0n) is 10.1. The van der Waals surface area contributed by atoms with Gasteiger partial charge in [-0.15, -0.1) is 0 Å². The number of primary amides is 1. The maximum Gasteiger partial charge on any atom is 0.294 e. The molecule has 0 atom stereocenters. The van der Waals surface area contributed by atoms with E-state index in [0.29, 0.717) is 0 Å². The van der Waals surface area contributed by atoms with Crippen LogP contribution in [0.2, 0.25) is 0 Å². The summed E-state index contributed by atoms with van der Waals surface area (Å²) in [6.07, 6.45) is 2.67. The summed E-state index contributed by atoms with van der Waals surface area (Å²) in [5.41, 5.74) is 10.4. The Labute approximate surface area is 113 Å². The number of nitrogens with zero attached hydrogens (tertiary/aromatic N) is 3. The topological polar surface area (TPSA) is 136 Å². The molecule has 1 aromatic heterocycles. The van der Waals surface area contributed by atoms with Crippen molar-refractivity contribution in [3.63, 3.8) is 0 Å². The van der Waals surface area contributed by atoms with E-state index in [0.717, 1.165) is 0 Å². The number of hydrogen-bond acceptors (Lipinski definition) is 7. The molecule has 0 spiro atoms. The Balaban J connectivity index is 2.22. The number of benzene rings is 1. The second kappa shape index (κ2) is 5.61. The number of nitro groups is 1. The highest BCUT2D eigenvalue weighted by Gasteiger charge is 2.14. The molecule has 9 heteroatoms. The number of nitrogens with two attached hydrogens (primary N) is 1. The Morgan fingerprint density at radius 1 is 1.20 bits per heavy atom. The number of carbonyl (C=O) groups excluding carboxylic acids is 1. The highest BCUT2D eigenvalue weighted by atomic mass is 16.6. The minimum Gasteiger partial charge on any atom is -0.364 e. The molecule has 0 aliphatic rings. The van der Waals surface area contributed by atoms with Crippen molar-refractivity contribution < 1.29 is 9.72 Å². The highest BCUT2D eigenvalue weighted by molar-refractivity contribution is 5.95. The first-order chi connectivity index (χ1) is 9.59. The molecule has 2 aromatic rings. The van der Waals surface area contributed by atoms with E-state index in [4.69, 9.17) is 5.73 Å². The van der Waals surface area contributed by atoms with Gasteiger partial charge in [0.15, 0.2) is 11.5 Å². The van der Waals surface area contributed by atoms with Crippen LogP contribution in [0.25, 0.3) is 0 Å². The number of rotatable bonds is 5. The maximum absolute atomic E-state index is 11.2. The molecule has 0 saturated carbocycles.